The molecule has 93 heavy (non-hydrogen) atoms. The predicted molar refractivity (Wildman–Crippen MR) is 398 cm³/mol. The Balaban J connectivity index is 0.631. The first-order valence-electron chi connectivity index (χ1n) is 33.2. The van der Waals surface area contributed by atoms with Crippen LogP contribution in [0.5, 0.6) is 0 Å². The first-order valence-corrected chi connectivity index (χ1v) is 33.2. The van der Waals surface area contributed by atoms with Gasteiger partial charge in [0.15, 0.2) is 0 Å². The smallest absolute Gasteiger partial charge is 0.0468 e. The molecular formula is C91H72N2. The predicted octanol–water partition coefficient (Wildman–Crippen LogP) is 25.3. The summed E-state index contributed by atoms with van der Waals surface area (Å²) in [6.07, 6.45) is 11.4. The minimum atomic E-state index is -0.211. The van der Waals surface area contributed by atoms with Crippen LogP contribution >= 0.6 is 0 Å². The summed E-state index contributed by atoms with van der Waals surface area (Å²) < 4.78 is 0. The molecular weight excluding hydrogens is 1120 g/mol. The lowest BCUT2D eigenvalue weighted by molar-refractivity contribution is 0.490. The molecule has 3 aliphatic rings. The first kappa shape index (κ1) is 56.2. The summed E-state index contributed by atoms with van der Waals surface area (Å²) in [7, 11) is 0. The fourth-order valence-electron chi connectivity index (χ4n) is 16.3. The van der Waals surface area contributed by atoms with E-state index in [2.05, 4.69) is 355 Å². The van der Waals surface area contributed by atoms with E-state index in [-0.39, 0.29) is 16.2 Å². The summed E-state index contributed by atoms with van der Waals surface area (Å²) >= 11 is 0. The Morgan fingerprint density at radius 1 is 0.237 bits per heavy atom. The molecule has 0 heterocycles. The zero-order valence-corrected chi connectivity index (χ0v) is 53.7. The van der Waals surface area contributed by atoms with Crippen LogP contribution in [0, 0.1) is 0 Å². The van der Waals surface area contributed by atoms with Gasteiger partial charge in [0.05, 0.1) is 0 Å². The third-order valence-electron chi connectivity index (χ3n) is 21.4. The van der Waals surface area contributed by atoms with Crippen molar-refractivity contribution in [2.75, 3.05) is 9.80 Å². The highest BCUT2D eigenvalue weighted by Gasteiger charge is 2.41. The Hall–Kier alpha value is -10.8. The van der Waals surface area contributed by atoms with Crippen LogP contribution in [0.4, 0.5) is 34.1 Å². The molecule has 0 saturated heterocycles. The Morgan fingerprint density at radius 2 is 0.462 bits per heavy atom. The highest BCUT2D eigenvalue weighted by Crippen LogP contribution is 2.56. The maximum atomic E-state index is 2.48. The van der Waals surface area contributed by atoms with Crippen molar-refractivity contribution in [3.63, 3.8) is 0 Å². The van der Waals surface area contributed by atoms with E-state index in [4.69, 9.17) is 0 Å². The van der Waals surface area contributed by atoms with Crippen LogP contribution in [-0.4, -0.2) is 0 Å². The minimum Gasteiger partial charge on any atom is -0.310 e. The summed E-state index contributed by atoms with van der Waals surface area (Å²) in [6, 6.07) is 105. The van der Waals surface area contributed by atoms with Gasteiger partial charge in [-0.3, -0.25) is 0 Å². The average Bonchev–Trinajstić information content (AvgIpc) is 1.60. The molecule has 0 unspecified atom stereocenters. The molecule has 0 aromatic heterocycles. The van der Waals surface area contributed by atoms with Crippen LogP contribution in [0.25, 0.3) is 101 Å². The number of hydrogen-bond acceptors (Lipinski definition) is 2. The van der Waals surface area contributed by atoms with E-state index in [0.29, 0.717) is 0 Å². The fraction of sp³-hybridized carbons (Fsp3) is 0.121. The molecule has 0 spiro atoms. The van der Waals surface area contributed by atoms with E-state index in [0.717, 1.165) is 47.0 Å². The Bertz CT molecular complexity index is 4960. The molecule has 0 bridgehead atoms. The number of fused-ring (bicyclic) bond motifs is 13. The third-order valence-corrected chi connectivity index (χ3v) is 21.4. The molecule has 2 nitrogen and oxygen atoms in total. The zero-order valence-electron chi connectivity index (χ0n) is 53.7. The summed E-state index contributed by atoms with van der Waals surface area (Å²) in [5, 5.41) is 9.87. The highest BCUT2D eigenvalue weighted by atomic mass is 15.1. The van der Waals surface area contributed by atoms with Crippen molar-refractivity contribution in [1.82, 2.24) is 0 Å². The van der Waals surface area contributed by atoms with Gasteiger partial charge in [0, 0.05) is 50.4 Å². The third kappa shape index (κ3) is 9.21. The minimum absolute atomic E-state index is 0.0842. The van der Waals surface area contributed by atoms with Gasteiger partial charge in [0.25, 0.3) is 0 Å². The van der Waals surface area contributed by atoms with E-state index in [9.17, 15) is 0 Å². The van der Waals surface area contributed by atoms with Crippen molar-refractivity contribution in [3.05, 3.63) is 335 Å². The van der Waals surface area contributed by atoms with Gasteiger partial charge in [0.2, 0.25) is 0 Å². The standard InChI is InChI=1S/C91H72N2/c1-7-91(8-2)87-51-61(27-25-59-29-43-77-79-47-41-75(57-85(79)89(3,4)83(77)49-59)92(71-37-33-63-17-9-13-21-67(63)53-71)72-38-34-64-18-10-14-22-68(64)54-72)31-45-81(87)82-46-32-62(52-88(82)91)28-26-60-30-44-78-80-48-42-76(58-86(80)90(5,6)84(78)50-60)93(73-39-35-65-19-11-15-23-69(65)55-73)74-40-36-66-20-12-16-24-70(66)56-74/h9-58H,7-8H2,1-6H3. The number of nitrogens with zero attached hydrogens (tertiary/aromatic N) is 2. The molecule has 0 aliphatic heterocycles. The van der Waals surface area contributed by atoms with E-state index in [1.54, 1.807) is 0 Å². The van der Waals surface area contributed by atoms with Gasteiger partial charge in [-0.15, -0.1) is 0 Å². The van der Waals surface area contributed by atoms with Gasteiger partial charge in [-0.05, 0) is 218 Å². The van der Waals surface area contributed by atoms with E-state index < -0.39 is 0 Å². The van der Waals surface area contributed by atoms with Crippen LogP contribution in [0.15, 0.2) is 279 Å². The van der Waals surface area contributed by atoms with E-state index in [1.165, 1.54) is 132 Å². The number of hydrogen-bond donors (Lipinski definition) is 0. The monoisotopic (exact) mass is 1190 g/mol. The molecule has 0 fully saturated rings. The molecule has 0 N–H and O–H groups in total. The lowest BCUT2D eigenvalue weighted by Crippen LogP contribution is -2.23. The molecule has 17 rings (SSSR count). The quantitative estimate of drug-likeness (QED) is 0.113. The Kier molecular flexibility index (Phi) is 13.1. The maximum absolute atomic E-state index is 2.48. The SMILES string of the molecule is CCC1(CC)c2cc(C=Cc3ccc4c(c3)C(C)(C)c3cc(N(c5ccc6ccccc6c5)c5ccc6ccccc6c5)ccc3-4)ccc2-c2ccc(C=Cc3ccc4c(c3)C(C)(C)c3cc(N(c5ccc6ccccc6c5)c5ccc6ccccc6c5)ccc3-4)cc21. The van der Waals surface area contributed by atoms with Crippen molar-refractivity contribution >= 4 is 102 Å². The lowest BCUT2D eigenvalue weighted by atomic mass is 9.73. The summed E-state index contributed by atoms with van der Waals surface area (Å²) in [6.45, 7) is 14.4. The molecule has 0 atom stereocenters. The van der Waals surface area contributed by atoms with Gasteiger partial charge in [0.1, 0.15) is 0 Å². The van der Waals surface area contributed by atoms with Gasteiger partial charge in [-0.2, -0.15) is 0 Å². The van der Waals surface area contributed by atoms with E-state index >= 15 is 0 Å². The van der Waals surface area contributed by atoms with Crippen LogP contribution in [0.1, 0.15) is 110 Å². The fourth-order valence-corrected chi connectivity index (χ4v) is 16.3. The summed E-state index contributed by atoms with van der Waals surface area (Å²) in [4.78, 5) is 4.87. The molecule has 0 saturated carbocycles. The van der Waals surface area contributed by atoms with Gasteiger partial charge in [-0.1, -0.05) is 272 Å². The van der Waals surface area contributed by atoms with Crippen molar-refractivity contribution in [3.8, 4) is 33.4 Å². The van der Waals surface area contributed by atoms with Crippen molar-refractivity contribution in [1.29, 1.82) is 0 Å². The second kappa shape index (κ2) is 21.7. The lowest BCUT2D eigenvalue weighted by Gasteiger charge is -2.30. The second-order valence-electron chi connectivity index (χ2n) is 27.2. The zero-order chi connectivity index (χ0) is 62.7. The summed E-state index contributed by atoms with van der Waals surface area (Å²) in [5.74, 6) is 0. The van der Waals surface area contributed by atoms with Gasteiger partial charge in [-0.25, -0.2) is 0 Å². The normalized spacial score (nSPS) is 14.4. The van der Waals surface area contributed by atoms with Gasteiger partial charge >= 0.3 is 0 Å². The number of rotatable bonds is 12. The molecule has 3 aliphatic carbocycles. The Labute approximate surface area is 546 Å². The van der Waals surface area contributed by atoms with Crippen LogP contribution in [0.2, 0.25) is 0 Å². The molecule has 446 valence electrons. The molecule has 14 aromatic carbocycles. The average molecular weight is 1190 g/mol. The largest absolute Gasteiger partial charge is 0.310 e. The molecule has 2 heteroatoms. The molecule has 14 aromatic rings. The van der Waals surface area contributed by atoms with Crippen molar-refractivity contribution in [2.24, 2.45) is 0 Å². The van der Waals surface area contributed by atoms with Crippen LogP contribution < -0.4 is 9.80 Å². The second-order valence-corrected chi connectivity index (χ2v) is 27.2. The number of anilines is 6. The summed E-state index contributed by atoms with van der Waals surface area (Å²) in [5.41, 5.74) is 27.5. The molecule has 0 radical (unpaired) electrons. The van der Waals surface area contributed by atoms with Crippen molar-refractivity contribution in [2.45, 2.75) is 70.6 Å². The van der Waals surface area contributed by atoms with Crippen LogP contribution in [-0.2, 0) is 16.2 Å². The van der Waals surface area contributed by atoms with E-state index in [1.807, 2.05) is 0 Å². The number of benzene rings is 14. The first-order chi connectivity index (χ1) is 45.4. The van der Waals surface area contributed by atoms with Crippen LogP contribution in [0.3, 0.4) is 0 Å². The van der Waals surface area contributed by atoms with Crippen molar-refractivity contribution < 1.29 is 0 Å². The topological polar surface area (TPSA) is 6.48 Å². The molecule has 0 amide bonds. The Morgan fingerprint density at radius 3 is 0.753 bits per heavy atom. The highest BCUT2D eigenvalue weighted by molar-refractivity contribution is 5.97. The maximum Gasteiger partial charge on any atom is 0.0468 e. The van der Waals surface area contributed by atoms with Gasteiger partial charge < -0.3 is 9.80 Å².